The summed E-state index contributed by atoms with van der Waals surface area (Å²) in [6.07, 6.45) is 64.0. The van der Waals surface area contributed by atoms with E-state index in [-0.39, 0.29) is 25.7 Å². The number of rotatable bonds is 82. The fraction of sp³-hybridized carbons (Fsp3) is 0.952. The van der Waals surface area contributed by atoms with Crippen molar-refractivity contribution in [2.45, 2.75) is 458 Å². The van der Waals surface area contributed by atoms with Crippen molar-refractivity contribution in [3.05, 3.63) is 0 Å². The fourth-order valence-corrected chi connectivity index (χ4v) is 14.6. The van der Waals surface area contributed by atoms with Gasteiger partial charge in [-0.1, -0.05) is 389 Å². The van der Waals surface area contributed by atoms with Gasteiger partial charge in [-0.15, -0.1) is 0 Å². The van der Waals surface area contributed by atoms with Crippen LogP contribution in [0.2, 0.25) is 0 Å². The van der Waals surface area contributed by atoms with Crippen LogP contribution in [-0.4, -0.2) is 96.7 Å². The molecule has 0 rings (SSSR count). The molecule has 0 spiro atoms. The maximum absolute atomic E-state index is 13.1. The van der Waals surface area contributed by atoms with Crippen LogP contribution in [0.3, 0.4) is 0 Å². The summed E-state index contributed by atoms with van der Waals surface area (Å²) in [6, 6.07) is 0. The average molecular weight is 1510 g/mol. The van der Waals surface area contributed by atoms with Crippen LogP contribution in [0.1, 0.15) is 440 Å². The summed E-state index contributed by atoms with van der Waals surface area (Å²) in [7, 11) is -9.92. The number of esters is 4. The molecule has 17 nitrogen and oxygen atoms in total. The van der Waals surface area contributed by atoms with Crippen molar-refractivity contribution < 1.29 is 80.2 Å². The van der Waals surface area contributed by atoms with E-state index in [1.165, 1.54) is 244 Å². The molecule has 3 N–H and O–H groups in total. The first-order valence-electron chi connectivity index (χ1n) is 43.3. The third kappa shape index (κ3) is 78.0. The van der Waals surface area contributed by atoms with Gasteiger partial charge in [0.15, 0.2) is 12.2 Å². The summed E-state index contributed by atoms with van der Waals surface area (Å²) in [4.78, 5) is 73.1. The molecule has 0 fully saturated rings. The van der Waals surface area contributed by atoms with Crippen LogP contribution >= 0.6 is 15.6 Å². The summed E-state index contributed by atoms with van der Waals surface area (Å²) in [5, 5.41) is 10.7. The van der Waals surface area contributed by atoms with Gasteiger partial charge in [0, 0.05) is 25.7 Å². The van der Waals surface area contributed by atoms with Crippen molar-refractivity contribution in [3.8, 4) is 0 Å². The Kier molecular flexibility index (Phi) is 72.8. The number of carbonyl (C=O) groups excluding carboxylic acids is 4. The number of carbonyl (C=O) groups is 4. The van der Waals surface area contributed by atoms with Crippen molar-refractivity contribution in [1.29, 1.82) is 0 Å². The van der Waals surface area contributed by atoms with Crippen LogP contribution in [-0.2, 0) is 65.4 Å². The Morgan fingerprint density at radius 1 is 0.262 bits per heavy atom. The van der Waals surface area contributed by atoms with Crippen LogP contribution in [0.5, 0.6) is 0 Å². The summed E-state index contributed by atoms with van der Waals surface area (Å²) in [5.74, 6) is 0.198. The summed E-state index contributed by atoms with van der Waals surface area (Å²) in [5.41, 5.74) is 0. The van der Waals surface area contributed by atoms with Crippen LogP contribution in [0, 0.1) is 17.8 Å². The lowest BCUT2D eigenvalue weighted by atomic mass is 10.0. The van der Waals surface area contributed by atoms with E-state index in [0.29, 0.717) is 31.6 Å². The lowest BCUT2D eigenvalue weighted by Crippen LogP contribution is -2.30. The third-order valence-corrected chi connectivity index (χ3v) is 21.5. The minimum Gasteiger partial charge on any atom is -0.462 e. The number of aliphatic hydroxyl groups excluding tert-OH is 1. The number of hydrogen-bond donors (Lipinski definition) is 3. The van der Waals surface area contributed by atoms with Crippen LogP contribution in [0.15, 0.2) is 0 Å². The molecule has 103 heavy (non-hydrogen) atoms. The number of hydrogen-bond acceptors (Lipinski definition) is 15. The standard InChI is InChI=1S/C84H164O17P2/c1-8-9-10-11-12-13-14-15-21-29-34-39-44-53-60-68-84(89)101-80(72-95-82(87)66-59-52-47-46-50-57-64-77(6)7)74-99-103(92,93)97-70-78(85)69-96-102(90,91)98-73-79(71-94-81(86)65-58-51-43-38-33-28-25-20-23-27-32-37-42-49-56-63-76(4)5)100-83(88)67-61-54-45-40-35-30-24-19-17-16-18-22-26-31-36-41-48-55-62-75(2)3/h75-80,85H,8-74H2,1-7H3,(H,90,91)(H,92,93)/t78-,79-,80-/m1/s1. The Hall–Kier alpha value is -1.94. The average Bonchev–Trinajstić information content (AvgIpc) is 0.916. The second-order valence-corrected chi connectivity index (χ2v) is 34.6. The van der Waals surface area contributed by atoms with E-state index in [4.69, 9.17) is 37.0 Å². The van der Waals surface area contributed by atoms with Gasteiger partial charge in [0.25, 0.3) is 0 Å². The van der Waals surface area contributed by atoms with Crippen molar-refractivity contribution >= 4 is 39.5 Å². The zero-order valence-corrected chi connectivity index (χ0v) is 69.6. The molecule has 0 bridgehead atoms. The molecule has 0 radical (unpaired) electrons. The topological polar surface area (TPSA) is 237 Å². The molecule has 0 saturated heterocycles. The summed E-state index contributed by atoms with van der Waals surface area (Å²) < 4.78 is 68.8. The second-order valence-electron chi connectivity index (χ2n) is 31.6. The number of unbranched alkanes of at least 4 members (excludes halogenated alkanes) is 50. The Morgan fingerprint density at radius 3 is 0.660 bits per heavy atom. The first kappa shape index (κ1) is 101. The van der Waals surface area contributed by atoms with Gasteiger partial charge in [0.1, 0.15) is 19.3 Å². The quantitative estimate of drug-likeness (QED) is 0.0222. The van der Waals surface area contributed by atoms with Gasteiger partial charge in [-0.25, -0.2) is 9.13 Å². The normalized spacial score (nSPS) is 13.9. The maximum Gasteiger partial charge on any atom is 0.472 e. The van der Waals surface area contributed by atoms with E-state index in [2.05, 4.69) is 48.5 Å². The largest absolute Gasteiger partial charge is 0.472 e. The van der Waals surface area contributed by atoms with Gasteiger partial charge >= 0.3 is 39.5 Å². The highest BCUT2D eigenvalue weighted by Gasteiger charge is 2.30. The Bertz CT molecular complexity index is 1990. The van der Waals surface area contributed by atoms with Gasteiger partial charge in [0.05, 0.1) is 26.4 Å². The van der Waals surface area contributed by atoms with Crippen LogP contribution < -0.4 is 0 Å². The SMILES string of the molecule is CCCCCCCCCCCCCCCCCC(=O)O[C@H](COC(=O)CCCCCCCCC(C)C)COP(=O)(O)OC[C@H](O)COP(=O)(O)OC[C@@H](COC(=O)CCCCCCCCCCCCCCCCCC(C)C)OC(=O)CCCCCCCCCCCCCCCCCCCCC(C)C. The van der Waals surface area contributed by atoms with Crippen molar-refractivity contribution in [2.75, 3.05) is 39.6 Å². The molecule has 0 saturated carbocycles. The maximum atomic E-state index is 13.1. The molecular formula is C84H164O17P2. The Morgan fingerprint density at radius 2 is 0.447 bits per heavy atom. The van der Waals surface area contributed by atoms with Crippen molar-refractivity contribution in [3.63, 3.8) is 0 Å². The van der Waals surface area contributed by atoms with E-state index in [0.717, 1.165) is 108 Å². The number of phosphoric acid groups is 2. The molecule has 0 aliphatic heterocycles. The monoisotopic (exact) mass is 1510 g/mol. The van der Waals surface area contributed by atoms with Gasteiger partial charge in [0.2, 0.25) is 0 Å². The first-order chi connectivity index (χ1) is 49.7. The van der Waals surface area contributed by atoms with Gasteiger partial charge in [-0.05, 0) is 43.4 Å². The lowest BCUT2D eigenvalue weighted by Gasteiger charge is -2.21. The smallest absolute Gasteiger partial charge is 0.462 e. The van der Waals surface area contributed by atoms with E-state index in [1.807, 2.05) is 0 Å². The number of phosphoric ester groups is 2. The van der Waals surface area contributed by atoms with Crippen LogP contribution in [0.25, 0.3) is 0 Å². The molecular weight excluding hydrogens is 1340 g/mol. The molecule has 19 heteroatoms. The highest BCUT2D eigenvalue weighted by atomic mass is 31.2. The highest BCUT2D eigenvalue weighted by Crippen LogP contribution is 2.45. The Balaban J connectivity index is 5.21. The van der Waals surface area contributed by atoms with Gasteiger partial charge < -0.3 is 33.8 Å². The predicted octanol–water partition coefficient (Wildman–Crippen LogP) is 25.3. The zero-order valence-electron chi connectivity index (χ0n) is 67.8. The Labute approximate surface area is 632 Å². The molecule has 0 aliphatic rings. The molecule has 0 heterocycles. The van der Waals surface area contributed by atoms with Crippen LogP contribution in [0.4, 0.5) is 0 Å². The predicted molar refractivity (Wildman–Crippen MR) is 423 cm³/mol. The number of ether oxygens (including phenoxy) is 4. The third-order valence-electron chi connectivity index (χ3n) is 19.6. The minimum atomic E-state index is -4.96. The molecule has 2 unspecified atom stereocenters. The highest BCUT2D eigenvalue weighted by molar-refractivity contribution is 7.47. The van der Waals surface area contributed by atoms with Gasteiger partial charge in [-0.2, -0.15) is 0 Å². The molecule has 0 aromatic rings. The van der Waals surface area contributed by atoms with E-state index >= 15 is 0 Å². The zero-order chi connectivity index (χ0) is 75.8. The van der Waals surface area contributed by atoms with E-state index in [9.17, 15) is 43.2 Å². The summed E-state index contributed by atoms with van der Waals surface area (Å²) >= 11 is 0. The minimum absolute atomic E-state index is 0.107. The van der Waals surface area contributed by atoms with Gasteiger partial charge in [-0.3, -0.25) is 37.3 Å². The lowest BCUT2D eigenvalue weighted by molar-refractivity contribution is -0.161. The number of aliphatic hydroxyl groups is 1. The summed E-state index contributed by atoms with van der Waals surface area (Å²) in [6.45, 7) is 11.9. The molecule has 612 valence electrons. The van der Waals surface area contributed by atoms with Crippen molar-refractivity contribution in [1.82, 2.24) is 0 Å². The fourth-order valence-electron chi connectivity index (χ4n) is 13.0. The molecule has 0 aliphatic carbocycles. The van der Waals surface area contributed by atoms with E-state index < -0.39 is 97.5 Å². The van der Waals surface area contributed by atoms with E-state index in [1.54, 1.807) is 0 Å². The van der Waals surface area contributed by atoms with Crippen molar-refractivity contribution in [2.24, 2.45) is 17.8 Å². The first-order valence-corrected chi connectivity index (χ1v) is 46.3. The molecule has 5 atom stereocenters. The molecule has 0 amide bonds. The molecule has 0 aromatic heterocycles. The second kappa shape index (κ2) is 74.2. The molecule has 0 aromatic carbocycles.